The number of nitrogens with one attached hydrogen (secondary N) is 2. The Morgan fingerprint density at radius 1 is 0.625 bits per heavy atom. The molecule has 0 aliphatic rings. The predicted octanol–water partition coefficient (Wildman–Crippen LogP) is 4.54. The summed E-state index contributed by atoms with van der Waals surface area (Å²) in [5.74, 6) is 2.54. The average Bonchev–Trinajstić information content (AvgIpc) is 2.85. The van der Waals surface area contributed by atoms with Crippen molar-refractivity contribution >= 4 is 34.8 Å². The van der Waals surface area contributed by atoms with Crippen LogP contribution in [-0.4, -0.2) is 36.8 Å². The molecule has 0 spiro atoms. The van der Waals surface area contributed by atoms with E-state index < -0.39 is 0 Å². The van der Waals surface area contributed by atoms with Crippen LogP contribution in [0.3, 0.4) is 0 Å². The van der Waals surface area contributed by atoms with E-state index in [-0.39, 0.29) is 0 Å². The van der Waals surface area contributed by atoms with E-state index in [1.807, 2.05) is 72.8 Å². The number of nitrogens with zero attached hydrogens (tertiary/aromatic N) is 4. The lowest BCUT2D eigenvalue weighted by atomic mass is 10.2. The molecule has 8 nitrogen and oxygen atoms in total. The van der Waals surface area contributed by atoms with Gasteiger partial charge in [-0.1, -0.05) is 48.5 Å². The topological polar surface area (TPSA) is 93.0 Å². The minimum atomic E-state index is 0.533. The Hall–Kier alpha value is -4.46. The van der Waals surface area contributed by atoms with Gasteiger partial charge in [0.2, 0.25) is 0 Å². The van der Waals surface area contributed by atoms with Gasteiger partial charge in [0.1, 0.15) is 11.5 Å². The molecule has 0 aliphatic carbocycles. The Morgan fingerprint density at radius 2 is 1.03 bits per heavy atom. The molecule has 0 saturated heterocycles. The molecule has 8 heteroatoms. The first-order valence-corrected chi connectivity index (χ1v) is 9.89. The van der Waals surface area contributed by atoms with Crippen LogP contribution in [0.4, 0.5) is 11.6 Å². The highest BCUT2D eigenvalue weighted by Gasteiger charge is 2.08. The van der Waals surface area contributed by atoms with Crippen LogP contribution in [0, 0.1) is 0 Å². The number of hydrogen-bond acceptors (Lipinski definition) is 8. The van der Waals surface area contributed by atoms with Crippen molar-refractivity contribution in [3.8, 4) is 11.5 Å². The summed E-state index contributed by atoms with van der Waals surface area (Å²) in [6, 6.07) is 23.0. The van der Waals surface area contributed by atoms with Gasteiger partial charge in [-0.25, -0.2) is 0 Å². The summed E-state index contributed by atoms with van der Waals surface area (Å²) < 4.78 is 10.7. The van der Waals surface area contributed by atoms with E-state index in [4.69, 9.17) is 9.47 Å². The molecule has 4 aromatic rings. The molecule has 1 aromatic heterocycles. The highest BCUT2D eigenvalue weighted by atomic mass is 16.5. The van der Waals surface area contributed by atoms with E-state index in [0.29, 0.717) is 11.6 Å². The summed E-state index contributed by atoms with van der Waals surface area (Å²) in [5, 5.41) is 18.9. The van der Waals surface area contributed by atoms with Crippen molar-refractivity contribution in [3.05, 3.63) is 83.9 Å². The standard InChI is InChI=1S/C24H22N6O2/c1-31-21-13-7-3-9-17(21)15-25-27-23-19-11-5-6-12-20(19)24(30-29-23)28-26-16-18-10-4-8-14-22(18)32-2/h3-16H,1-2H3,(H,27,29)(H,28,30)/b25-15-,26-16+. The largest absolute Gasteiger partial charge is 0.496 e. The lowest BCUT2D eigenvalue weighted by molar-refractivity contribution is 0.414. The normalized spacial score (nSPS) is 11.2. The second-order valence-electron chi connectivity index (χ2n) is 6.67. The maximum atomic E-state index is 5.34. The van der Waals surface area contributed by atoms with E-state index >= 15 is 0 Å². The molecule has 2 N–H and O–H groups in total. The number of ether oxygens (including phenoxy) is 2. The lowest BCUT2D eigenvalue weighted by Gasteiger charge is -2.08. The average molecular weight is 426 g/mol. The van der Waals surface area contributed by atoms with Crippen molar-refractivity contribution in [2.24, 2.45) is 10.2 Å². The molecule has 3 aromatic carbocycles. The molecule has 160 valence electrons. The number of hydrazone groups is 2. The van der Waals surface area contributed by atoms with E-state index in [2.05, 4.69) is 31.3 Å². The third kappa shape index (κ3) is 4.65. The number of benzene rings is 3. The Bertz CT molecular complexity index is 1170. The minimum Gasteiger partial charge on any atom is -0.496 e. The molecular weight excluding hydrogens is 404 g/mol. The van der Waals surface area contributed by atoms with Crippen molar-refractivity contribution in [1.82, 2.24) is 10.2 Å². The Balaban J connectivity index is 1.55. The van der Waals surface area contributed by atoms with Gasteiger partial charge in [0.05, 0.1) is 26.6 Å². The molecule has 0 fully saturated rings. The molecular formula is C24H22N6O2. The molecule has 32 heavy (non-hydrogen) atoms. The highest BCUT2D eigenvalue weighted by molar-refractivity contribution is 5.98. The second kappa shape index (κ2) is 10.0. The summed E-state index contributed by atoms with van der Waals surface area (Å²) >= 11 is 0. The SMILES string of the molecule is COc1ccccc1/C=N\Nc1nnc(N/N=C/c2ccccc2OC)c2ccccc12. The first-order chi connectivity index (χ1) is 15.8. The molecule has 1 heterocycles. The maximum absolute atomic E-state index is 5.34. The number of fused-ring (bicyclic) bond motifs is 1. The van der Waals surface area contributed by atoms with Crippen LogP contribution in [0.15, 0.2) is 83.0 Å². The Labute approximate surface area is 185 Å². The summed E-state index contributed by atoms with van der Waals surface area (Å²) in [7, 11) is 3.25. The number of hydrogen-bond donors (Lipinski definition) is 2. The Kier molecular flexibility index (Phi) is 6.52. The summed E-state index contributed by atoms with van der Waals surface area (Å²) in [4.78, 5) is 0. The zero-order valence-electron chi connectivity index (χ0n) is 17.7. The fraction of sp³-hybridized carbons (Fsp3) is 0.0833. The fourth-order valence-electron chi connectivity index (χ4n) is 3.14. The van der Waals surface area contributed by atoms with Crippen LogP contribution in [0.1, 0.15) is 11.1 Å². The molecule has 0 saturated carbocycles. The smallest absolute Gasteiger partial charge is 0.176 e. The quantitative estimate of drug-likeness (QED) is 0.317. The second-order valence-corrected chi connectivity index (χ2v) is 6.67. The van der Waals surface area contributed by atoms with Crippen LogP contribution >= 0.6 is 0 Å². The van der Waals surface area contributed by atoms with Gasteiger partial charge in [-0.2, -0.15) is 10.2 Å². The van der Waals surface area contributed by atoms with Crippen LogP contribution < -0.4 is 20.3 Å². The van der Waals surface area contributed by atoms with Gasteiger partial charge in [-0.05, 0) is 24.3 Å². The molecule has 4 rings (SSSR count). The minimum absolute atomic E-state index is 0.533. The molecule has 0 amide bonds. The summed E-state index contributed by atoms with van der Waals surface area (Å²) in [5.41, 5.74) is 7.64. The van der Waals surface area contributed by atoms with Gasteiger partial charge in [-0.15, -0.1) is 10.2 Å². The van der Waals surface area contributed by atoms with E-state index in [1.54, 1.807) is 26.6 Å². The number of aromatic nitrogens is 2. The zero-order valence-corrected chi connectivity index (χ0v) is 17.7. The number of rotatable bonds is 8. The number of para-hydroxylation sites is 2. The van der Waals surface area contributed by atoms with E-state index in [0.717, 1.165) is 33.4 Å². The van der Waals surface area contributed by atoms with Gasteiger partial charge < -0.3 is 9.47 Å². The third-order valence-electron chi connectivity index (χ3n) is 4.71. The van der Waals surface area contributed by atoms with Gasteiger partial charge in [-0.3, -0.25) is 10.9 Å². The zero-order chi connectivity index (χ0) is 22.2. The van der Waals surface area contributed by atoms with Gasteiger partial charge in [0, 0.05) is 21.9 Å². The van der Waals surface area contributed by atoms with Crippen molar-refractivity contribution in [1.29, 1.82) is 0 Å². The summed E-state index contributed by atoms with van der Waals surface area (Å²) in [6.45, 7) is 0. The van der Waals surface area contributed by atoms with Crippen molar-refractivity contribution in [3.63, 3.8) is 0 Å². The molecule has 0 unspecified atom stereocenters. The van der Waals surface area contributed by atoms with Gasteiger partial charge >= 0.3 is 0 Å². The third-order valence-corrected chi connectivity index (χ3v) is 4.71. The summed E-state index contributed by atoms with van der Waals surface area (Å²) in [6.07, 6.45) is 3.36. The first kappa shape index (κ1) is 20.8. The highest BCUT2D eigenvalue weighted by Crippen LogP contribution is 2.26. The van der Waals surface area contributed by atoms with Crippen LogP contribution in [0.2, 0.25) is 0 Å². The lowest BCUT2D eigenvalue weighted by Crippen LogP contribution is -2.02. The molecule has 0 aliphatic heterocycles. The van der Waals surface area contributed by atoms with Crippen LogP contribution in [0.5, 0.6) is 11.5 Å². The number of anilines is 2. The number of methoxy groups -OCH3 is 2. The van der Waals surface area contributed by atoms with Crippen LogP contribution in [0.25, 0.3) is 10.8 Å². The van der Waals surface area contributed by atoms with E-state index in [9.17, 15) is 0 Å². The van der Waals surface area contributed by atoms with Gasteiger partial charge in [0.25, 0.3) is 0 Å². The van der Waals surface area contributed by atoms with E-state index in [1.165, 1.54) is 0 Å². The van der Waals surface area contributed by atoms with Crippen molar-refractivity contribution in [2.75, 3.05) is 25.1 Å². The van der Waals surface area contributed by atoms with Gasteiger partial charge in [0.15, 0.2) is 11.6 Å². The van der Waals surface area contributed by atoms with Crippen LogP contribution in [-0.2, 0) is 0 Å². The molecule has 0 bridgehead atoms. The fourth-order valence-corrected chi connectivity index (χ4v) is 3.14. The Morgan fingerprint density at radius 3 is 1.47 bits per heavy atom. The van der Waals surface area contributed by atoms with Crippen molar-refractivity contribution < 1.29 is 9.47 Å². The maximum Gasteiger partial charge on any atom is 0.176 e. The first-order valence-electron chi connectivity index (χ1n) is 9.89. The van der Waals surface area contributed by atoms with Crippen molar-refractivity contribution in [2.45, 2.75) is 0 Å². The molecule has 0 atom stereocenters. The monoisotopic (exact) mass is 426 g/mol. The molecule has 0 radical (unpaired) electrons. The predicted molar refractivity (Wildman–Crippen MR) is 128 cm³/mol.